The van der Waals surface area contributed by atoms with Crippen LogP contribution in [0.5, 0.6) is 5.75 Å². The molecule has 0 radical (unpaired) electrons. The number of rotatable bonds is 3. The predicted molar refractivity (Wildman–Crippen MR) is 61.9 cm³/mol. The lowest BCUT2D eigenvalue weighted by molar-refractivity contribution is 0.204. The normalized spacial score (nSPS) is 14.0. The fourth-order valence-electron chi connectivity index (χ4n) is 1.15. The third-order valence-electron chi connectivity index (χ3n) is 1.94. The molecule has 0 fully saturated rings. The molecule has 1 atom stereocenters. The van der Waals surface area contributed by atoms with Crippen LogP contribution in [0, 0.1) is 0 Å². The van der Waals surface area contributed by atoms with Gasteiger partial charge in [-0.05, 0) is 32.0 Å². The number of phenols is 1. The summed E-state index contributed by atoms with van der Waals surface area (Å²) in [6.45, 7) is 3.75. The zero-order valence-corrected chi connectivity index (χ0v) is 9.49. The monoisotopic (exact) mass is 227 g/mol. The lowest BCUT2D eigenvalue weighted by Gasteiger charge is -2.05. The van der Waals surface area contributed by atoms with Crippen LogP contribution in [-0.4, -0.2) is 28.6 Å². The maximum absolute atomic E-state index is 9.57. The molecule has 0 aliphatic carbocycles. The molecule has 2 N–H and O–H groups in total. The van der Waals surface area contributed by atoms with E-state index in [1.165, 1.54) is 6.07 Å². The number of halogens is 1. The summed E-state index contributed by atoms with van der Waals surface area (Å²) in [6, 6.07) is 4.79. The second kappa shape index (κ2) is 5.14. The van der Waals surface area contributed by atoms with E-state index in [1.807, 2.05) is 0 Å². The Labute approximate surface area is 94.0 Å². The van der Waals surface area contributed by atoms with Gasteiger partial charge in [-0.25, -0.2) is 0 Å². The molecule has 15 heavy (non-hydrogen) atoms. The highest BCUT2D eigenvalue weighted by atomic mass is 35.5. The maximum atomic E-state index is 9.57. The van der Waals surface area contributed by atoms with Crippen LogP contribution in [0.3, 0.4) is 0 Å². The van der Waals surface area contributed by atoms with Crippen LogP contribution in [0.15, 0.2) is 23.2 Å². The highest BCUT2D eigenvalue weighted by molar-refractivity contribution is 6.31. The number of hydrogen-bond acceptors (Lipinski definition) is 3. The molecule has 0 aromatic heterocycles. The van der Waals surface area contributed by atoms with E-state index in [-0.39, 0.29) is 5.75 Å². The molecule has 0 amide bonds. The summed E-state index contributed by atoms with van der Waals surface area (Å²) in [5.41, 5.74) is 1.26. The van der Waals surface area contributed by atoms with Crippen LogP contribution in [0.25, 0.3) is 0 Å². The standard InChI is InChI=1S/C11H14ClNO2/c1-7(14)6-13-8(2)10-5-9(12)3-4-11(10)15/h3-5,7,14-15H,6H2,1-2H3/t7-/m1/s1. The summed E-state index contributed by atoms with van der Waals surface area (Å²) in [7, 11) is 0. The van der Waals surface area contributed by atoms with Crippen molar-refractivity contribution in [3.8, 4) is 5.75 Å². The highest BCUT2D eigenvalue weighted by Crippen LogP contribution is 2.22. The van der Waals surface area contributed by atoms with Gasteiger partial charge in [0.05, 0.1) is 12.6 Å². The van der Waals surface area contributed by atoms with Gasteiger partial charge in [0.25, 0.3) is 0 Å². The molecule has 0 saturated heterocycles. The number of hydrogen-bond donors (Lipinski definition) is 2. The first-order valence-electron chi connectivity index (χ1n) is 4.68. The first-order chi connectivity index (χ1) is 7.00. The molecule has 0 saturated carbocycles. The van der Waals surface area contributed by atoms with Gasteiger partial charge in [0.15, 0.2) is 0 Å². The smallest absolute Gasteiger partial charge is 0.124 e. The van der Waals surface area contributed by atoms with Crippen molar-refractivity contribution in [3.05, 3.63) is 28.8 Å². The molecule has 0 aliphatic heterocycles. The van der Waals surface area contributed by atoms with Crippen LogP contribution in [0.1, 0.15) is 19.4 Å². The Morgan fingerprint density at radius 3 is 2.80 bits per heavy atom. The Balaban J connectivity index is 2.94. The third kappa shape index (κ3) is 3.53. The molecule has 1 aromatic rings. The van der Waals surface area contributed by atoms with Crippen LogP contribution >= 0.6 is 11.6 Å². The van der Waals surface area contributed by atoms with E-state index >= 15 is 0 Å². The molecular formula is C11H14ClNO2. The van der Waals surface area contributed by atoms with Crippen LogP contribution in [0.4, 0.5) is 0 Å². The van der Waals surface area contributed by atoms with E-state index in [2.05, 4.69) is 4.99 Å². The number of phenolic OH excluding ortho intramolecular Hbond substituents is 1. The van der Waals surface area contributed by atoms with Gasteiger partial charge < -0.3 is 10.2 Å². The Hall–Kier alpha value is -1.06. The number of nitrogens with zero attached hydrogens (tertiary/aromatic N) is 1. The lowest BCUT2D eigenvalue weighted by Crippen LogP contribution is -2.07. The van der Waals surface area contributed by atoms with Crippen LogP contribution < -0.4 is 0 Å². The van der Waals surface area contributed by atoms with E-state index < -0.39 is 6.10 Å². The SMILES string of the molecule is CC(=NC[C@@H](C)O)c1cc(Cl)ccc1O. The topological polar surface area (TPSA) is 52.8 Å². The molecule has 0 aliphatic rings. The van der Waals surface area contributed by atoms with Crippen molar-refractivity contribution in [1.29, 1.82) is 0 Å². The zero-order chi connectivity index (χ0) is 11.4. The van der Waals surface area contributed by atoms with Gasteiger partial charge in [0.1, 0.15) is 5.75 Å². The molecule has 0 bridgehead atoms. The largest absolute Gasteiger partial charge is 0.507 e. The fraction of sp³-hybridized carbons (Fsp3) is 0.364. The molecule has 1 aromatic carbocycles. The Morgan fingerprint density at radius 1 is 1.53 bits per heavy atom. The van der Waals surface area contributed by atoms with Crippen molar-refractivity contribution in [3.63, 3.8) is 0 Å². The number of aliphatic hydroxyl groups excluding tert-OH is 1. The van der Waals surface area contributed by atoms with Gasteiger partial charge in [0, 0.05) is 16.3 Å². The first kappa shape index (κ1) is 12.0. The summed E-state index contributed by atoms with van der Waals surface area (Å²) in [5, 5.41) is 19.2. The first-order valence-corrected chi connectivity index (χ1v) is 5.06. The van der Waals surface area contributed by atoms with Gasteiger partial charge >= 0.3 is 0 Å². The molecule has 4 heteroatoms. The highest BCUT2D eigenvalue weighted by Gasteiger charge is 2.05. The summed E-state index contributed by atoms with van der Waals surface area (Å²) in [5.74, 6) is 0.145. The minimum atomic E-state index is -0.485. The minimum absolute atomic E-state index is 0.145. The Kier molecular flexibility index (Phi) is 4.12. The van der Waals surface area contributed by atoms with E-state index in [4.69, 9.17) is 16.7 Å². The van der Waals surface area contributed by atoms with E-state index in [0.29, 0.717) is 22.8 Å². The van der Waals surface area contributed by atoms with Crippen molar-refractivity contribution in [2.45, 2.75) is 20.0 Å². The van der Waals surface area contributed by atoms with E-state index in [0.717, 1.165) is 0 Å². The lowest BCUT2D eigenvalue weighted by atomic mass is 10.1. The van der Waals surface area contributed by atoms with E-state index in [9.17, 15) is 5.11 Å². The Bertz CT molecular complexity index is 375. The summed E-state index contributed by atoms with van der Waals surface area (Å²) >= 11 is 5.81. The van der Waals surface area contributed by atoms with Crippen molar-refractivity contribution in [2.75, 3.05) is 6.54 Å². The van der Waals surface area contributed by atoms with Gasteiger partial charge in [-0.2, -0.15) is 0 Å². The number of aromatic hydroxyl groups is 1. The molecule has 0 spiro atoms. The Morgan fingerprint density at radius 2 is 2.20 bits per heavy atom. The summed E-state index contributed by atoms with van der Waals surface area (Å²) < 4.78 is 0. The fourth-order valence-corrected chi connectivity index (χ4v) is 1.32. The van der Waals surface area contributed by atoms with Gasteiger partial charge in [-0.3, -0.25) is 4.99 Å². The maximum Gasteiger partial charge on any atom is 0.124 e. The van der Waals surface area contributed by atoms with Crippen molar-refractivity contribution >= 4 is 17.3 Å². The second-order valence-electron chi connectivity index (χ2n) is 3.44. The molecule has 82 valence electrons. The summed E-state index contributed by atoms with van der Waals surface area (Å²) in [6.07, 6.45) is -0.485. The molecule has 1 rings (SSSR count). The van der Waals surface area contributed by atoms with Crippen LogP contribution in [-0.2, 0) is 0 Å². The van der Waals surface area contributed by atoms with Crippen molar-refractivity contribution in [1.82, 2.24) is 0 Å². The average Bonchev–Trinajstić information content (AvgIpc) is 2.18. The number of aliphatic imine (C=N–C) groups is 1. The molecule has 3 nitrogen and oxygen atoms in total. The number of aliphatic hydroxyl groups is 1. The second-order valence-corrected chi connectivity index (χ2v) is 3.87. The number of benzene rings is 1. The van der Waals surface area contributed by atoms with Gasteiger partial charge in [-0.1, -0.05) is 11.6 Å². The van der Waals surface area contributed by atoms with E-state index in [1.54, 1.807) is 26.0 Å². The summed E-state index contributed by atoms with van der Waals surface area (Å²) in [4.78, 5) is 4.14. The van der Waals surface area contributed by atoms with Crippen LogP contribution in [0.2, 0.25) is 5.02 Å². The molecule has 0 unspecified atom stereocenters. The van der Waals surface area contributed by atoms with Crippen molar-refractivity contribution < 1.29 is 10.2 Å². The average molecular weight is 228 g/mol. The molecular weight excluding hydrogens is 214 g/mol. The predicted octanol–water partition coefficient (Wildman–Crippen LogP) is 2.24. The molecule has 0 heterocycles. The van der Waals surface area contributed by atoms with Gasteiger partial charge in [0.2, 0.25) is 0 Å². The zero-order valence-electron chi connectivity index (χ0n) is 8.74. The quantitative estimate of drug-likeness (QED) is 0.779. The minimum Gasteiger partial charge on any atom is -0.507 e. The third-order valence-corrected chi connectivity index (χ3v) is 2.18. The van der Waals surface area contributed by atoms with Crippen molar-refractivity contribution in [2.24, 2.45) is 4.99 Å². The van der Waals surface area contributed by atoms with Gasteiger partial charge in [-0.15, -0.1) is 0 Å².